The maximum Gasteiger partial charge on any atom is 0.253 e. The molecule has 3 N–H and O–H groups in total. The standard InChI is InChI=1S/C29H42N6O2/c1-10-20-17(4)22(27(37)32-18(20)5)14-30-26(36)21-11-24(19-12-28(6,7)34-29(8,9)13-19)33-25-23(21)15-31-35(25)16(2)3/h11,15-16,19,34H,10,12-14H2,1-9H3,(H,30,36)(H,32,37). The molecule has 200 valence electrons. The van der Waals surface area contributed by atoms with E-state index in [0.29, 0.717) is 11.1 Å². The molecule has 1 aliphatic heterocycles. The first-order valence-electron chi connectivity index (χ1n) is 13.4. The van der Waals surface area contributed by atoms with E-state index in [4.69, 9.17) is 4.98 Å². The van der Waals surface area contributed by atoms with Crippen molar-refractivity contribution in [1.29, 1.82) is 0 Å². The predicted octanol–water partition coefficient (Wildman–Crippen LogP) is 4.83. The average molecular weight is 507 g/mol. The fourth-order valence-electron chi connectivity index (χ4n) is 6.31. The zero-order valence-electron chi connectivity index (χ0n) is 23.8. The van der Waals surface area contributed by atoms with E-state index in [2.05, 4.69) is 69.2 Å². The summed E-state index contributed by atoms with van der Waals surface area (Å²) in [5, 5.41) is 12.1. The topological polar surface area (TPSA) is 105 Å². The molecule has 4 heterocycles. The summed E-state index contributed by atoms with van der Waals surface area (Å²) in [7, 11) is 0. The van der Waals surface area contributed by atoms with Gasteiger partial charge in [-0.25, -0.2) is 9.67 Å². The zero-order chi connectivity index (χ0) is 27.3. The van der Waals surface area contributed by atoms with Crippen molar-refractivity contribution in [2.24, 2.45) is 0 Å². The van der Waals surface area contributed by atoms with Crippen LogP contribution in [0.4, 0.5) is 0 Å². The second-order valence-corrected chi connectivity index (χ2v) is 12.2. The number of amides is 1. The lowest BCUT2D eigenvalue weighted by Gasteiger charge is -2.46. The number of carbonyl (C=O) groups is 1. The van der Waals surface area contributed by atoms with E-state index in [-0.39, 0.29) is 41.0 Å². The molecule has 1 fully saturated rings. The highest BCUT2D eigenvalue weighted by Crippen LogP contribution is 2.39. The second-order valence-electron chi connectivity index (χ2n) is 12.2. The minimum absolute atomic E-state index is 0.0508. The van der Waals surface area contributed by atoms with Gasteiger partial charge in [0.25, 0.3) is 11.5 Å². The number of hydrogen-bond acceptors (Lipinski definition) is 5. The first-order chi connectivity index (χ1) is 17.2. The van der Waals surface area contributed by atoms with Crippen molar-refractivity contribution >= 4 is 16.9 Å². The van der Waals surface area contributed by atoms with Crippen molar-refractivity contribution in [1.82, 2.24) is 30.4 Å². The molecule has 0 saturated carbocycles. The maximum atomic E-state index is 13.6. The van der Waals surface area contributed by atoms with Crippen molar-refractivity contribution in [2.75, 3.05) is 0 Å². The van der Waals surface area contributed by atoms with Gasteiger partial charge in [-0.05, 0) is 91.8 Å². The number of nitrogens with one attached hydrogen (secondary N) is 3. The molecule has 1 aliphatic rings. The third-order valence-electron chi connectivity index (χ3n) is 7.64. The minimum atomic E-state index is -0.221. The summed E-state index contributed by atoms with van der Waals surface area (Å²) in [6.45, 7) is 19.1. The molecule has 0 aliphatic carbocycles. The zero-order valence-corrected chi connectivity index (χ0v) is 23.8. The van der Waals surface area contributed by atoms with Crippen molar-refractivity contribution in [2.45, 2.75) is 111 Å². The van der Waals surface area contributed by atoms with E-state index in [1.165, 1.54) is 0 Å². The molecule has 8 nitrogen and oxygen atoms in total. The highest BCUT2D eigenvalue weighted by atomic mass is 16.1. The van der Waals surface area contributed by atoms with Crippen LogP contribution in [0.25, 0.3) is 11.0 Å². The van der Waals surface area contributed by atoms with Crippen LogP contribution in [0.3, 0.4) is 0 Å². The second kappa shape index (κ2) is 9.71. The number of H-pyrrole nitrogens is 1. The molecular formula is C29H42N6O2. The monoisotopic (exact) mass is 506 g/mol. The SMILES string of the molecule is CCc1c(C)[nH]c(=O)c(CNC(=O)c2cc(C3CC(C)(C)NC(C)(C)C3)nc3c2cnn3C(C)C)c1C. The Balaban J connectivity index is 1.74. The number of rotatable bonds is 6. The summed E-state index contributed by atoms with van der Waals surface area (Å²) in [4.78, 5) is 34.4. The van der Waals surface area contributed by atoms with Gasteiger partial charge < -0.3 is 15.6 Å². The predicted molar refractivity (Wildman–Crippen MR) is 148 cm³/mol. The average Bonchev–Trinajstić information content (AvgIpc) is 3.20. The first kappa shape index (κ1) is 27.0. The lowest BCUT2D eigenvalue weighted by Crippen LogP contribution is -2.57. The largest absolute Gasteiger partial charge is 0.348 e. The molecule has 0 bridgehead atoms. The summed E-state index contributed by atoms with van der Waals surface area (Å²) in [6.07, 6.45) is 4.39. The van der Waals surface area contributed by atoms with Gasteiger partial charge in [0, 0.05) is 46.5 Å². The summed E-state index contributed by atoms with van der Waals surface area (Å²) in [5.41, 5.74) is 5.48. The molecule has 0 spiro atoms. The highest BCUT2D eigenvalue weighted by Gasteiger charge is 2.39. The Labute approximate surface area is 219 Å². The van der Waals surface area contributed by atoms with Gasteiger partial charge in [0.05, 0.1) is 17.1 Å². The van der Waals surface area contributed by atoms with E-state index in [0.717, 1.165) is 52.8 Å². The van der Waals surface area contributed by atoms with Crippen LogP contribution in [-0.4, -0.2) is 36.7 Å². The molecule has 0 atom stereocenters. The van der Waals surface area contributed by atoms with E-state index >= 15 is 0 Å². The fourth-order valence-corrected chi connectivity index (χ4v) is 6.31. The summed E-state index contributed by atoms with van der Waals surface area (Å²) in [5.74, 6) is -0.0196. The van der Waals surface area contributed by atoms with Gasteiger partial charge in [0.15, 0.2) is 5.65 Å². The summed E-state index contributed by atoms with van der Waals surface area (Å²) < 4.78 is 1.88. The summed E-state index contributed by atoms with van der Waals surface area (Å²) >= 11 is 0. The quantitative estimate of drug-likeness (QED) is 0.444. The van der Waals surface area contributed by atoms with Crippen molar-refractivity contribution in [3.05, 3.63) is 56.3 Å². The van der Waals surface area contributed by atoms with Crippen molar-refractivity contribution in [3.8, 4) is 0 Å². The number of fused-ring (bicyclic) bond motifs is 1. The molecule has 0 radical (unpaired) electrons. The molecule has 8 heteroatoms. The van der Waals surface area contributed by atoms with Crippen LogP contribution in [0.5, 0.6) is 0 Å². The minimum Gasteiger partial charge on any atom is -0.348 e. The Kier molecular flexibility index (Phi) is 7.10. The van der Waals surface area contributed by atoms with Gasteiger partial charge in [-0.15, -0.1) is 0 Å². The Morgan fingerprint density at radius 1 is 1.16 bits per heavy atom. The van der Waals surface area contributed by atoms with Crippen LogP contribution in [0.2, 0.25) is 0 Å². The molecule has 37 heavy (non-hydrogen) atoms. The Hall–Kier alpha value is -3.00. The van der Waals surface area contributed by atoms with Crippen LogP contribution >= 0.6 is 0 Å². The third-order valence-corrected chi connectivity index (χ3v) is 7.64. The van der Waals surface area contributed by atoms with Gasteiger partial charge in [0.2, 0.25) is 0 Å². The first-order valence-corrected chi connectivity index (χ1v) is 13.4. The molecule has 3 aromatic heterocycles. The van der Waals surface area contributed by atoms with Crippen LogP contribution in [0, 0.1) is 13.8 Å². The van der Waals surface area contributed by atoms with Gasteiger partial charge >= 0.3 is 0 Å². The number of pyridine rings is 2. The summed E-state index contributed by atoms with van der Waals surface area (Å²) in [6, 6.07) is 2.05. The molecule has 3 aromatic rings. The number of hydrogen-bond donors (Lipinski definition) is 3. The Morgan fingerprint density at radius 2 is 1.81 bits per heavy atom. The van der Waals surface area contributed by atoms with Crippen molar-refractivity contribution in [3.63, 3.8) is 0 Å². The van der Waals surface area contributed by atoms with Crippen LogP contribution in [-0.2, 0) is 13.0 Å². The van der Waals surface area contributed by atoms with Gasteiger partial charge in [-0.3, -0.25) is 9.59 Å². The van der Waals surface area contributed by atoms with E-state index in [1.54, 1.807) is 6.20 Å². The van der Waals surface area contributed by atoms with E-state index in [9.17, 15) is 9.59 Å². The van der Waals surface area contributed by atoms with Crippen LogP contribution < -0.4 is 16.2 Å². The highest BCUT2D eigenvalue weighted by molar-refractivity contribution is 6.05. The lowest BCUT2D eigenvalue weighted by molar-refractivity contribution is 0.0952. The number of aromatic nitrogens is 4. The molecule has 0 aromatic carbocycles. The van der Waals surface area contributed by atoms with Crippen LogP contribution in [0.1, 0.15) is 112 Å². The van der Waals surface area contributed by atoms with Gasteiger partial charge in [-0.1, -0.05) is 6.92 Å². The normalized spacial score (nSPS) is 17.5. The number of piperidine rings is 1. The maximum absolute atomic E-state index is 13.6. The molecule has 1 amide bonds. The van der Waals surface area contributed by atoms with Gasteiger partial charge in [0.1, 0.15) is 0 Å². The lowest BCUT2D eigenvalue weighted by atomic mass is 9.74. The van der Waals surface area contributed by atoms with E-state index < -0.39 is 0 Å². The number of carbonyl (C=O) groups excluding carboxylic acids is 1. The Bertz CT molecular complexity index is 1380. The van der Waals surface area contributed by atoms with Crippen molar-refractivity contribution < 1.29 is 4.79 Å². The number of nitrogens with zero attached hydrogens (tertiary/aromatic N) is 3. The van der Waals surface area contributed by atoms with Crippen LogP contribution in [0.15, 0.2) is 17.1 Å². The smallest absolute Gasteiger partial charge is 0.253 e. The molecule has 0 unspecified atom stereocenters. The Morgan fingerprint density at radius 3 is 2.41 bits per heavy atom. The fraction of sp³-hybridized carbons (Fsp3) is 0.586. The molecule has 4 rings (SSSR count). The molecule has 1 saturated heterocycles. The van der Waals surface area contributed by atoms with Gasteiger partial charge in [-0.2, -0.15) is 5.10 Å². The third kappa shape index (κ3) is 5.35. The molecular weight excluding hydrogens is 464 g/mol. The number of aromatic amines is 1. The number of aryl methyl sites for hydroxylation is 1. The van der Waals surface area contributed by atoms with E-state index in [1.807, 2.05) is 24.6 Å².